The van der Waals surface area contributed by atoms with E-state index in [1.165, 1.54) is 19.2 Å². The monoisotopic (exact) mass is 384 g/mol. The lowest BCUT2D eigenvalue weighted by molar-refractivity contribution is 0.370. The van der Waals surface area contributed by atoms with E-state index in [2.05, 4.69) is 20.6 Å². The Kier molecular flexibility index (Phi) is 6.37. The number of benzene rings is 2. The van der Waals surface area contributed by atoms with E-state index in [-0.39, 0.29) is 11.6 Å². The van der Waals surface area contributed by atoms with Crippen LogP contribution in [0.5, 0.6) is 11.5 Å². The Morgan fingerprint density at radius 1 is 1.21 bits per heavy atom. The lowest BCUT2D eigenvalue weighted by atomic mass is 10.1. The fraction of sp³-hybridized carbons (Fsp3) is 0.286. The third kappa shape index (κ3) is 4.54. The standard InChI is InChI=1S/C21H25FN4O2/c1-3-23-21(26-13-15-5-4-6-19(28-2)20(15)27)24-10-9-14-12-25-18-11-16(22)7-8-17(14)18/h4-8,11-12,25,27H,3,9-10,13H2,1-2H3,(H2,23,24,26). The Bertz CT molecular complexity index is 968. The van der Waals surface area contributed by atoms with Gasteiger partial charge >= 0.3 is 0 Å². The first-order valence-corrected chi connectivity index (χ1v) is 9.25. The number of hydrogen-bond donors (Lipinski definition) is 4. The highest BCUT2D eigenvalue weighted by molar-refractivity contribution is 5.83. The number of guanidine groups is 1. The minimum atomic E-state index is -0.249. The van der Waals surface area contributed by atoms with Gasteiger partial charge in [-0.15, -0.1) is 0 Å². The topological polar surface area (TPSA) is 81.7 Å². The first-order valence-electron chi connectivity index (χ1n) is 9.25. The van der Waals surface area contributed by atoms with Gasteiger partial charge in [0.25, 0.3) is 0 Å². The fourth-order valence-electron chi connectivity index (χ4n) is 3.05. The fourth-order valence-corrected chi connectivity index (χ4v) is 3.05. The van der Waals surface area contributed by atoms with Crippen LogP contribution in [-0.4, -0.2) is 36.2 Å². The molecule has 0 spiro atoms. The van der Waals surface area contributed by atoms with E-state index < -0.39 is 0 Å². The molecule has 0 unspecified atom stereocenters. The summed E-state index contributed by atoms with van der Waals surface area (Å²) in [6, 6.07) is 10.1. The van der Waals surface area contributed by atoms with Crippen LogP contribution in [0.2, 0.25) is 0 Å². The van der Waals surface area contributed by atoms with Crippen molar-refractivity contribution in [2.45, 2.75) is 19.9 Å². The number of halogens is 1. The number of fused-ring (bicyclic) bond motifs is 1. The molecule has 3 aromatic rings. The molecule has 0 saturated carbocycles. The molecule has 0 fully saturated rings. The molecule has 0 radical (unpaired) electrons. The zero-order chi connectivity index (χ0) is 19.9. The molecule has 0 saturated heterocycles. The van der Waals surface area contributed by atoms with E-state index in [0.29, 0.717) is 30.4 Å². The van der Waals surface area contributed by atoms with Crippen molar-refractivity contribution in [3.63, 3.8) is 0 Å². The number of nitrogens with one attached hydrogen (secondary N) is 3. The van der Waals surface area contributed by atoms with Gasteiger partial charge in [0.15, 0.2) is 17.5 Å². The minimum absolute atomic E-state index is 0.107. The summed E-state index contributed by atoms with van der Waals surface area (Å²) in [6.45, 7) is 3.71. The first-order chi connectivity index (χ1) is 13.6. The number of hydrogen-bond acceptors (Lipinski definition) is 3. The molecule has 0 aliphatic carbocycles. The average molecular weight is 384 g/mol. The Hall–Kier alpha value is -3.22. The summed E-state index contributed by atoms with van der Waals surface area (Å²) < 4.78 is 18.4. The molecule has 0 aliphatic rings. The van der Waals surface area contributed by atoms with E-state index in [4.69, 9.17) is 4.74 Å². The maximum atomic E-state index is 13.3. The smallest absolute Gasteiger partial charge is 0.191 e. The van der Waals surface area contributed by atoms with Crippen molar-refractivity contribution in [2.75, 3.05) is 20.2 Å². The first kappa shape index (κ1) is 19.5. The average Bonchev–Trinajstić information content (AvgIpc) is 3.09. The summed E-state index contributed by atoms with van der Waals surface area (Å²) in [5.41, 5.74) is 2.60. The predicted octanol–water partition coefficient (Wildman–Crippen LogP) is 3.32. The van der Waals surface area contributed by atoms with Gasteiger partial charge in [0.05, 0.1) is 13.7 Å². The van der Waals surface area contributed by atoms with Crippen LogP contribution in [0, 0.1) is 5.82 Å². The van der Waals surface area contributed by atoms with Gasteiger partial charge in [-0.3, -0.25) is 0 Å². The molecule has 7 heteroatoms. The highest BCUT2D eigenvalue weighted by Crippen LogP contribution is 2.29. The van der Waals surface area contributed by atoms with Gasteiger partial charge < -0.3 is 25.5 Å². The second-order valence-electron chi connectivity index (χ2n) is 6.34. The van der Waals surface area contributed by atoms with Crippen LogP contribution in [0.25, 0.3) is 10.9 Å². The maximum Gasteiger partial charge on any atom is 0.191 e. The lowest BCUT2D eigenvalue weighted by Gasteiger charge is -2.12. The maximum absolute atomic E-state index is 13.3. The molecule has 148 valence electrons. The normalized spacial score (nSPS) is 11.6. The van der Waals surface area contributed by atoms with E-state index in [9.17, 15) is 9.50 Å². The second-order valence-corrected chi connectivity index (χ2v) is 6.34. The number of methoxy groups -OCH3 is 1. The van der Waals surface area contributed by atoms with Crippen molar-refractivity contribution in [2.24, 2.45) is 4.99 Å². The molecule has 0 aliphatic heterocycles. The number of nitrogens with zero attached hydrogens (tertiary/aromatic N) is 1. The number of phenols is 1. The van der Waals surface area contributed by atoms with Gasteiger partial charge in [0.2, 0.25) is 0 Å². The quantitative estimate of drug-likeness (QED) is 0.372. The van der Waals surface area contributed by atoms with E-state index in [1.807, 2.05) is 25.3 Å². The number of para-hydroxylation sites is 1. The van der Waals surface area contributed by atoms with Crippen LogP contribution in [-0.2, 0) is 13.0 Å². The highest BCUT2D eigenvalue weighted by Gasteiger charge is 2.08. The summed E-state index contributed by atoms with van der Waals surface area (Å²) >= 11 is 0. The second kappa shape index (κ2) is 9.12. The molecule has 3 rings (SSSR count). The molecule has 0 bridgehead atoms. The predicted molar refractivity (Wildman–Crippen MR) is 109 cm³/mol. The lowest BCUT2D eigenvalue weighted by Crippen LogP contribution is -2.38. The van der Waals surface area contributed by atoms with Crippen LogP contribution in [0.1, 0.15) is 18.1 Å². The van der Waals surface area contributed by atoms with Crippen LogP contribution in [0.4, 0.5) is 4.39 Å². The molecule has 4 N–H and O–H groups in total. The van der Waals surface area contributed by atoms with E-state index in [0.717, 1.165) is 29.4 Å². The van der Waals surface area contributed by atoms with Crippen molar-refractivity contribution >= 4 is 16.9 Å². The van der Waals surface area contributed by atoms with Crippen LogP contribution >= 0.6 is 0 Å². The third-order valence-corrected chi connectivity index (χ3v) is 4.47. The molecule has 28 heavy (non-hydrogen) atoms. The van der Waals surface area contributed by atoms with Crippen molar-refractivity contribution in [1.29, 1.82) is 0 Å². The number of ether oxygens (including phenoxy) is 1. The summed E-state index contributed by atoms with van der Waals surface area (Å²) in [4.78, 5) is 7.64. The van der Waals surface area contributed by atoms with Gasteiger partial charge in [-0.1, -0.05) is 12.1 Å². The number of aromatic amines is 1. The number of rotatable bonds is 7. The summed E-state index contributed by atoms with van der Waals surface area (Å²) in [6.07, 6.45) is 2.67. The molecular weight excluding hydrogens is 359 g/mol. The highest BCUT2D eigenvalue weighted by atomic mass is 19.1. The van der Waals surface area contributed by atoms with E-state index >= 15 is 0 Å². The molecule has 2 aromatic carbocycles. The van der Waals surface area contributed by atoms with Crippen LogP contribution < -0.4 is 15.4 Å². The van der Waals surface area contributed by atoms with E-state index in [1.54, 1.807) is 12.1 Å². The summed E-state index contributed by atoms with van der Waals surface area (Å²) in [7, 11) is 1.52. The molecule has 0 atom stereocenters. The number of H-pyrrole nitrogens is 1. The molecular formula is C21H25FN4O2. The number of aliphatic imine (C=N–C) groups is 1. The van der Waals surface area contributed by atoms with Gasteiger partial charge in [-0.25, -0.2) is 9.38 Å². The largest absolute Gasteiger partial charge is 0.504 e. The SMILES string of the molecule is CCNC(=NCc1cccc(OC)c1O)NCCc1c[nH]c2cc(F)ccc12. The zero-order valence-electron chi connectivity index (χ0n) is 16.1. The number of aromatic hydroxyl groups is 1. The number of phenolic OH excluding ortho intramolecular Hbond substituents is 1. The molecule has 0 amide bonds. The zero-order valence-corrected chi connectivity index (χ0v) is 16.1. The Morgan fingerprint density at radius 3 is 2.86 bits per heavy atom. The van der Waals surface area contributed by atoms with Gasteiger partial charge in [-0.05, 0) is 43.2 Å². The van der Waals surface area contributed by atoms with Crippen molar-refractivity contribution in [3.8, 4) is 11.5 Å². The van der Waals surface area contributed by atoms with Crippen molar-refractivity contribution < 1.29 is 14.2 Å². The van der Waals surface area contributed by atoms with Crippen LogP contribution in [0.3, 0.4) is 0 Å². The summed E-state index contributed by atoms with van der Waals surface area (Å²) in [5, 5.41) is 17.7. The van der Waals surface area contributed by atoms with Crippen molar-refractivity contribution in [3.05, 3.63) is 59.5 Å². The molecule has 1 heterocycles. The van der Waals surface area contributed by atoms with Gasteiger partial charge in [-0.2, -0.15) is 0 Å². The molecule has 6 nitrogen and oxygen atoms in total. The van der Waals surface area contributed by atoms with Crippen molar-refractivity contribution in [1.82, 2.24) is 15.6 Å². The minimum Gasteiger partial charge on any atom is -0.504 e. The third-order valence-electron chi connectivity index (χ3n) is 4.47. The van der Waals surface area contributed by atoms with Crippen LogP contribution in [0.15, 0.2) is 47.6 Å². The Morgan fingerprint density at radius 2 is 2.07 bits per heavy atom. The van der Waals surface area contributed by atoms with Gasteiger partial charge in [0.1, 0.15) is 5.82 Å². The van der Waals surface area contributed by atoms with Gasteiger partial charge in [0, 0.05) is 35.8 Å². The Balaban J connectivity index is 1.63. The molecule has 1 aromatic heterocycles. The summed E-state index contributed by atoms with van der Waals surface area (Å²) in [5.74, 6) is 0.953. The number of aromatic nitrogens is 1. The Labute approximate surface area is 163 Å².